The van der Waals surface area contributed by atoms with E-state index in [1.54, 1.807) is 26.4 Å². The Hall–Kier alpha value is -2.80. The van der Waals surface area contributed by atoms with Crippen molar-refractivity contribution in [1.29, 1.82) is 0 Å². The molecule has 36 heavy (non-hydrogen) atoms. The molecule has 4 heterocycles. The number of carbonyl (C=O) groups is 1. The smallest absolute Gasteiger partial charge is 0.340 e. The molecule has 2 bridgehead atoms. The first kappa shape index (κ1) is 23.6. The fourth-order valence-corrected chi connectivity index (χ4v) is 7.47. The molecule has 1 aliphatic carbocycles. The maximum Gasteiger partial charge on any atom is 0.340 e. The van der Waals surface area contributed by atoms with Gasteiger partial charge in [0.1, 0.15) is 17.1 Å². The Morgan fingerprint density at radius 1 is 1.14 bits per heavy atom. The van der Waals surface area contributed by atoms with Gasteiger partial charge in [-0.2, -0.15) is 0 Å². The van der Waals surface area contributed by atoms with E-state index >= 15 is 0 Å². The van der Waals surface area contributed by atoms with Crippen LogP contribution >= 0.6 is 0 Å². The Kier molecular flexibility index (Phi) is 6.06. The number of rotatable bonds is 4. The lowest BCUT2D eigenvalue weighted by Crippen LogP contribution is -2.60. The number of fused-ring (bicyclic) bond motifs is 7. The van der Waals surface area contributed by atoms with Gasteiger partial charge in [-0.05, 0) is 63.0 Å². The number of nitrogens with zero attached hydrogens (tertiary/aromatic N) is 2. The van der Waals surface area contributed by atoms with Crippen LogP contribution < -0.4 is 15.1 Å². The molecule has 6 rings (SSSR count). The number of ether oxygens (including phenoxy) is 2. The van der Waals surface area contributed by atoms with Crippen LogP contribution in [-0.2, 0) is 11.2 Å². The maximum atomic E-state index is 13.8. The van der Waals surface area contributed by atoms with E-state index in [2.05, 4.69) is 15.9 Å². The number of carbonyl (C=O) groups excluding carboxylic acids is 1. The Labute approximate surface area is 212 Å². The number of methoxy groups -OCH3 is 2. The summed E-state index contributed by atoms with van der Waals surface area (Å²) < 4.78 is 16.6. The van der Waals surface area contributed by atoms with Crippen LogP contribution in [0, 0.1) is 18.8 Å². The summed E-state index contributed by atoms with van der Waals surface area (Å²) in [6, 6.07) is 4.32. The van der Waals surface area contributed by atoms with Gasteiger partial charge < -0.3 is 18.8 Å². The molecule has 0 spiro atoms. The Morgan fingerprint density at radius 2 is 2.00 bits per heavy atom. The molecule has 2 aromatic rings. The van der Waals surface area contributed by atoms with Crippen molar-refractivity contribution in [3.05, 3.63) is 45.3 Å². The van der Waals surface area contributed by atoms with Gasteiger partial charge in [0, 0.05) is 31.3 Å². The van der Waals surface area contributed by atoms with Gasteiger partial charge in [-0.3, -0.25) is 9.69 Å². The Morgan fingerprint density at radius 3 is 2.81 bits per heavy atom. The highest BCUT2D eigenvalue weighted by Gasteiger charge is 2.46. The number of benzene rings is 1. The molecule has 1 aromatic heterocycles. The minimum atomic E-state index is -0.464. The summed E-state index contributed by atoms with van der Waals surface area (Å²) in [5.74, 6) is 2.25. The zero-order chi connectivity index (χ0) is 25.0. The summed E-state index contributed by atoms with van der Waals surface area (Å²) >= 11 is 0. The molecule has 1 amide bonds. The van der Waals surface area contributed by atoms with Crippen molar-refractivity contribution in [3.8, 4) is 11.5 Å². The van der Waals surface area contributed by atoms with Crippen LogP contribution in [0.25, 0.3) is 11.0 Å². The molecular weight excluding hydrogens is 456 g/mol. The van der Waals surface area contributed by atoms with Gasteiger partial charge >= 0.3 is 5.63 Å². The normalized spacial score (nSPS) is 27.8. The molecule has 3 fully saturated rings. The summed E-state index contributed by atoms with van der Waals surface area (Å²) in [5.41, 5.74) is 2.55. The minimum Gasteiger partial charge on any atom is -0.496 e. The van der Waals surface area contributed by atoms with E-state index in [0.29, 0.717) is 45.9 Å². The summed E-state index contributed by atoms with van der Waals surface area (Å²) in [6.45, 7) is 4.90. The first-order chi connectivity index (χ1) is 17.5. The predicted molar refractivity (Wildman–Crippen MR) is 138 cm³/mol. The molecule has 0 N–H and O–H groups in total. The third-order valence-corrected chi connectivity index (χ3v) is 9.08. The average molecular weight is 493 g/mol. The minimum absolute atomic E-state index is 0.0204. The zero-order valence-corrected chi connectivity index (χ0v) is 21.5. The van der Waals surface area contributed by atoms with Crippen LogP contribution in [0.4, 0.5) is 0 Å². The predicted octanol–water partition coefficient (Wildman–Crippen LogP) is 4.08. The fourth-order valence-electron chi connectivity index (χ4n) is 7.47. The number of amides is 1. The standard InChI is InChI=1S/C29H36N2O5/c1-17-22(29(33)36-25-14-21(34-2)13-24(35-3)27(17)25)15-26(32)31-10-6-7-18-11-19-12-20(28(18)31)16-30-9-5-4-8-23(19)30/h11,13-14,19-20,23,28H,4-10,12,15-16H2,1-3H3/t19?,20?,23-,28-/m1/s1. The van der Waals surface area contributed by atoms with E-state index in [1.165, 1.54) is 37.8 Å². The van der Waals surface area contributed by atoms with E-state index in [4.69, 9.17) is 13.9 Å². The van der Waals surface area contributed by atoms with E-state index < -0.39 is 5.63 Å². The van der Waals surface area contributed by atoms with E-state index in [-0.39, 0.29) is 18.4 Å². The molecule has 2 unspecified atom stereocenters. The maximum absolute atomic E-state index is 13.8. The van der Waals surface area contributed by atoms with Crippen molar-refractivity contribution in [2.24, 2.45) is 11.8 Å². The van der Waals surface area contributed by atoms with Crippen LogP contribution in [0.3, 0.4) is 0 Å². The average Bonchev–Trinajstić information content (AvgIpc) is 2.89. The lowest BCUT2D eigenvalue weighted by atomic mass is 9.68. The SMILES string of the molecule is COc1cc(OC)c2c(C)c(CC(=O)N3CCCC4=CC5CC(CN6CCCC[C@H]56)[C@@H]43)c(=O)oc2c1. The molecule has 3 aliphatic heterocycles. The van der Waals surface area contributed by atoms with Crippen molar-refractivity contribution in [2.75, 3.05) is 33.9 Å². The fraction of sp³-hybridized carbons (Fsp3) is 0.586. The van der Waals surface area contributed by atoms with Crippen molar-refractivity contribution in [1.82, 2.24) is 9.80 Å². The molecule has 4 atom stereocenters. The summed E-state index contributed by atoms with van der Waals surface area (Å²) in [6.07, 6.45) is 9.75. The monoisotopic (exact) mass is 492 g/mol. The molecule has 192 valence electrons. The first-order valence-corrected chi connectivity index (χ1v) is 13.4. The van der Waals surface area contributed by atoms with Crippen molar-refractivity contribution >= 4 is 16.9 Å². The number of aryl methyl sites for hydroxylation is 1. The van der Waals surface area contributed by atoms with E-state index in [1.807, 2.05) is 6.92 Å². The topological polar surface area (TPSA) is 72.2 Å². The highest BCUT2D eigenvalue weighted by Crippen LogP contribution is 2.45. The van der Waals surface area contributed by atoms with Crippen LogP contribution in [0.15, 0.2) is 33.0 Å². The van der Waals surface area contributed by atoms with Crippen molar-refractivity contribution in [3.63, 3.8) is 0 Å². The van der Waals surface area contributed by atoms with Crippen LogP contribution in [0.2, 0.25) is 0 Å². The van der Waals surface area contributed by atoms with Crippen molar-refractivity contribution in [2.45, 2.75) is 64.0 Å². The summed E-state index contributed by atoms with van der Waals surface area (Å²) in [7, 11) is 3.14. The van der Waals surface area contributed by atoms with E-state index in [0.717, 1.165) is 31.5 Å². The van der Waals surface area contributed by atoms with Gasteiger partial charge in [-0.15, -0.1) is 0 Å². The second-order valence-corrected chi connectivity index (χ2v) is 11.0. The molecule has 4 aliphatic rings. The van der Waals surface area contributed by atoms with Gasteiger partial charge in [0.15, 0.2) is 0 Å². The van der Waals surface area contributed by atoms with Gasteiger partial charge in [0.2, 0.25) is 5.91 Å². The number of likely N-dealkylation sites (tertiary alicyclic amines) is 1. The van der Waals surface area contributed by atoms with E-state index in [9.17, 15) is 9.59 Å². The third kappa shape index (κ3) is 3.83. The Balaban J connectivity index is 1.31. The molecule has 1 aromatic carbocycles. The third-order valence-electron chi connectivity index (χ3n) is 9.08. The largest absolute Gasteiger partial charge is 0.496 e. The zero-order valence-electron chi connectivity index (χ0n) is 21.5. The van der Waals surface area contributed by atoms with Gasteiger partial charge in [0.05, 0.1) is 37.6 Å². The number of hydrogen-bond acceptors (Lipinski definition) is 6. The second-order valence-electron chi connectivity index (χ2n) is 11.0. The second kappa shape index (κ2) is 9.25. The van der Waals surface area contributed by atoms with Crippen LogP contribution in [0.1, 0.15) is 49.7 Å². The molecule has 0 radical (unpaired) electrons. The molecule has 7 heteroatoms. The molecular formula is C29H36N2O5. The highest BCUT2D eigenvalue weighted by molar-refractivity contribution is 5.90. The van der Waals surface area contributed by atoms with Crippen molar-refractivity contribution < 1.29 is 18.7 Å². The van der Waals surface area contributed by atoms with Crippen LogP contribution in [0.5, 0.6) is 11.5 Å². The molecule has 3 saturated heterocycles. The number of hydrogen-bond donors (Lipinski definition) is 0. The van der Waals surface area contributed by atoms with Gasteiger partial charge in [0.25, 0.3) is 0 Å². The number of piperidine rings is 3. The molecule has 0 saturated carbocycles. The lowest BCUT2D eigenvalue weighted by molar-refractivity contribution is -0.135. The summed E-state index contributed by atoms with van der Waals surface area (Å²) in [4.78, 5) is 31.6. The van der Waals surface area contributed by atoms with Crippen LogP contribution in [-0.4, -0.2) is 61.6 Å². The lowest BCUT2D eigenvalue weighted by Gasteiger charge is -2.54. The Bertz CT molecular complexity index is 1280. The van der Waals surface area contributed by atoms with Gasteiger partial charge in [-0.25, -0.2) is 4.79 Å². The first-order valence-electron chi connectivity index (χ1n) is 13.4. The quantitative estimate of drug-likeness (QED) is 0.473. The van der Waals surface area contributed by atoms with Gasteiger partial charge in [-0.1, -0.05) is 18.1 Å². The molecule has 7 nitrogen and oxygen atoms in total. The summed E-state index contributed by atoms with van der Waals surface area (Å²) in [5, 5.41) is 0.712. The highest BCUT2D eigenvalue weighted by atomic mass is 16.5.